The van der Waals surface area contributed by atoms with Crippen molar-refractivity contribution in [2.24, 2.45) is 0 Å². The Balaban J connectivity index is 1.51. The largest absolute Gasteiger partial charge is 0.494 e. The Kier molecular flexibility index (Phi) is 6.28. The molecule has 6 heteroatoms. The third-order valence-corrected chi connectivity index (χ3v) is 4.80. The van der Waals surface area contributed by atoms with E-state index in [1.165, 1.54) is 26.0 Å². The third-order valence-electron chi connectivity index (χ3n) is 4.80. The summed E-state index contributed by atoms with van der Waals surface area (Å²) in [6.45, 7) is 2.56. The van der Waals surface area contributed by atoms with Gasteiger partial charge in [0.25, 0.3) is 0 Å². The maximum absolute atomic E-state index is 13.7. The van der Waals surface area contributed by atoms with Crippen molar-refractivity contribution in [1.82, 2.24) is 10.2 Å². The fourth-order valence-electron chi connectivity index (χ4n) is 3.37. The van der Waals surface area contributed by atoms with Gasteiger partial charge in [0.1, 0.15) is 5.76 Å². The standard InChI is InChI=1S/C20H25FN2O3/c1-25-18-8-6-15(13-16(18)21)7-9-20(24)22-14-17(19-5-4-12-26-19)23-10-2-3-11-23/h4-6,8,12-13,17H,2-3,7,9-11,14H2,1H3,(H,22,24). The number of furan rings is 1. The van der Waals surface area contributed by atoms with Crippen molar-refractivity contribution in [2.75, 3.05) is 26.7 Å². The van der Waals surface area contributed by atoms with Gasteiger partial charge in [-0.1, -0.05) is 6.07 Å². The molecule has 1 aliphatic heterocycles. The summed E-state index contributed by atoms with van der Waals surface area (Å²) in [7, 11) is 1.43. The Morgan fingerprint density at radius 1 is 1.35 bits per heavy atom. The number of nitrogens with one attached hydrogen (secondary N) is 1. The molecule has 1 N–H and O–H groups in total. The fraction of sp³-hybridized carbons (Fsp3) is 0.450. The van der Waals surface area contributed by atoms with Crippen LogP contribution in [0, 0.1) is 5.82 Å². The average molecular weight is 360 g/mol. The van der Waals surface area contributed by atoms with Crippen molar-refractivity contribution in [1.29, 1.82) is 0 Å². The lowest BCUT2D eigenvalue weighted by molar-refractivity contribution is -0.121. The first-order valence-electron chi connectivity index (χ1n) is 9.04. The molecule has 0 radical (unpaired) electrons. The lowest BCUT2D eigenvalue weighted by atomic mass is 10.1. The highest BCUT2D eigenvalue weighted by atomic mass is 19.1. The van der Waals surface area contributed by atoms with Gasteiger partial charge in [-0.05, 0) is 62.2 Å². The van der Waals surface area contributed by atoms with Crippen molar-refractivity contribution in [3.63, 3.8) is 0 Å². The average Bonchev–Trinajstić information content (AvgIpc) is 3.35. The van der Waals surface area contributed by atoms with Gasteiger partial charge < -0.3 is 14.5 Å². The van der Waals surface area contributed by atoms with Crippen molar-refractivity contribution < 1.29 is 18.3 Å². The van der Waals surface area contributed by atoms with Crippen LogP contribution < -0.4 is 10.1 Å². The highest BCUT2D eigenvalue weighted by Gasteiger charge is 2.25. The predicted octanol–water partition coefficient (Wildman–Crippen LogP) is 3.31. The van der Waals surface area contributed by atoms with Gasteiger partial charge in [-0.15, -0.1) is 0 Å². The molecular weight excluding hydrogens is 335 g/mol. The van der Waals surface area contributed by atoms with Gasteiger partial charge in [0.15, 0.2) is 11.6 Å². The van der Waals surface area contributed by atoms with E-state index in [1.807, 2.05) is 12.1 Å². The molecule has 2 heterocycles. The van der Waals surface area contributed by atoms with E-state index in [0.717, 1.165) is 24.4 Å². The zero-order chi connectivity index (χ0) is 18.4. The van der Waals surface area contributed by atoms with E-state index < -0.39 is 5.82 Å². The molecule has 0 bridgehead atoms. The number of aryl methyl sites for hydroxylation is 1. The number of benzene rings is 1. The second-order valence-corrected chi connectivity index (χ2v) is 6.55. The summed E-state index contributed by atoms with van der Waals surface area (Å²) in [5.74, 6) is 0.642. The van der Waals surface area contributed by atoms with Crippen molar-refractivity contribution in [2.45, 2.75) is 31.7 Å². The van der Waals surface area contributed by atoms with E-state index in [0.29, 0.717) is 19.4 Å². The Labute approximate surface area is 153 Å². The summed E-state index contributed by atoms with van der Waals surface area (Å²) in [5.41, 5.74) is 0.778. The number of hydrogen-bond acceptors (Lipinski definition) is 4. The first-order valence-corrected chi connectivity index (χ1v) is 9.04. The molecular formula is C20H25FN2O3. The number of amides is 1. The van der Waals surface area contributed by atoms with Crippen molar-refractivity contribution >= 4 is 5.91 Å². The Morgan fingerprint density at radius 2 is 2.15 bits per heavy atom. The molecule has 1 aliphatic rings. The van der Waals surface area contributed by atoms with Gasteiger partial charge in [0.05, 0.1) is 19.4 Å². The Bertz CT molecular complexity index is 712. The summed E-state index contributed by atoms with van der Waals surface area (Å²) >= 11 is 0. The number of likely N-dealkylation sites (tertiary alicyclic amines) is 1. The molecule has 2 aromatic rings. The van der Waals surface area contributed by atoms with Gasteiger partial charge >= 0.3 is 0 Å². The fourth-order valence-corrected chi connectivity index (χ4v) is 3.37. The minimum Gasteiger partial charge on any atom is -0.494 e. The number of carbonyl (C=O) groups is 1. The lowest BCUT2D eigenvalue weighted by Crippen LogP contribution is -2.36. The molecule has 0 aliphatic carbocycles. The van der Waals surface area contributed by atoms with Crippen LogP contribution in [0.1, 0.15) is 36.6 Å². The highest BCUT2D eigenvalue weighted by Crippen LogP contribution is 2.25. The minimum atomic E-state index is -0.405. The topological polar surface area (TPSA) is 54.7 Å². The molecule has 0 saturated carbocycles. The zero-order valence-corrected chi connectivity index (χ0v) is 15.0. The zero-order valence-electron chi connectivity index (χ0n) is 15.0. The van der Waals surface area contributed by atoms with Crippen LogP contribution in [-0.4, -0.2) is 37.6 Å². The number of carbonyl (C=O) groups excluding carboxylic acids is 1. The second kappa shape index (κ2) is 8.85. The summed E-state index contributed by atoms with van der Waals surface area (Å²) in [6.07, 6.45) is 4.82. The van der Waals surface area contributed by atoms with Crippen LogP contribution in [0.5, 0.6) is 5.75 Å². The van der Waals surface area contributed by atoms with Gasteiger partial charge in [-0.2, -0.15) is 0 Å². The quantitative estimate of drug-likeness (QED) is 0.785. The van der Waals surface area contributed by atoms with Crippen LogP contribution in [0.3, 0.4) is 0 Å². The molecule has 5 nitrogen and oxygen atoms in total. The molecule has 1 atom stereocenters. The molecule has 140 valence electrons. The van der Waals surface area contributed by atoms with Crippen LogP contribution in [-0.2, 0) is 11.2 Å². The van der Waals surface area contributed by atoms with E-state index >= 15 is 0 Å². The highest BCUT2D eigenvalue weighted by molar-refractivity contribution is 5.76. The summed E-state index contributed by atoms with van der Waals surface area (Å²) in [5, 5.41) is 3.00. The number of hydrogen-bond donors (Lipinski definition) is 1. The minimum absolute atomic E-state index is 0.0445. The first-order chi connectivity index (χ1) is 12.7. The monoisotopic (exact) mass is 360 g/mol. The molecule has 1 unspecified atom stereocenters. The van der Waals surface area contributed by atoms with Crippen molar-refractivity contribution in [3.05, 3.63) is 53.7 Å². The molecule has 1 aromatic carbocycles. The molecule has 26 heavy (non-hydrogen) atoms. The maximum Gasteiger partial charge on any atom is 0.220 e. The van der Waals surface area contributed by atoms with E-state index in [1.54, 1.807) is 18.4 Å². The van der Waals surface area contributed by atoms with E-state index in [4.69, 9.17) is 9.15 Å². The molecule has 0 spiro atoms. The molecule has 1 amide bonds. The van der Waals surface area contributed by atoms with Gasteiger partial charge in [0, 0.05) is 13.0 Å². The number of nitrogens with zero attached hydrogens (tertiary/aromatic N) is 1. The molecule has 1 aromatic heterocycles. The van der Waals surface area contributed by atoms with Gasteiger partial charge in [-0.25, -0.2) is 4.39 Å². The number of halogens is 1. The van der Waals surface area contributed by atoms with Crippen LogP contribution >= 0.6 is 0 Å². The van der Waals surface area contributed by atoms with E-state index in [-0.39, 0.29) is 17.7 Å². The first kappa shape index (κ1) is 18.5. The molecule has 1 fully saturated rings. The summed E-state index contributed by atoms with van der Waals surface area (Å²) < 4.78 is 24.2. The van der Waals surface area contributed by atoms with Crippen LogP contribution in [0.4, 0.5) is 4.39 Å². The van der Waals surface area contributed by atoms with Crippen LogP contribution in [0.15, 0.2) is 41.0 Å². The van der Waals surface area contributed by atoms with Gasteiger partial charge in [0.2, 0.25) is 5.91 Å². The van der Waals surface area contributed by atoms with Crippen LogP contribution in [0.25, 0.3) is 0 Å². The van der Waals surface area contributed by atoms with E-state index in [9.17, 15) is 9.18 Å². The van der Waals surface area contributed by atoms with Crippen LogP contribution in [0.2, 0.25) is 0 Å². The maximum atomic E-state index is 13.7. The smallest absolute Gasteiger partial charge is 0.220 e. The Morgan fingerprint density at radius 3 is 2.81 bits per heavy atom. The normalized spacial score (nSPS) is 15.8. The predicted molar refractivity (Wildman–Crippen MR) is 96.5 cm³/mol. The number of methoxy groups -OCH3 is 1. The summed E-state index contributed by atoms with van der Waals surface area (Å²) in [6, 6.07) is 8.68. The van der Waals surface area contributed by atoms with Gasteiger partial charge in [-0.3, -0.25) is 9.69 Å². The lowest BCUT2D eigenvalue weighted by Gasteiger charge is -2.26. The number of rotatable bonds is 8. The number of ether oxygens (including phenoxy) is 1. The SMILES string of the molecule is COc1ccc(CCC(=O)NCC(c2ccco2)N2CCCC2)cc1F. The molecule has 1 saturated heterocycles. The van der Waals surface area contributed by atoms with Crippen molar-refractivity contribution in [3.8, 4) is 5.75 Å². The second-order valence-electron chi connectivity index (χ2n) is 6.55. The Hall–Kier alpha value is -2.34. The van der Waals surface area contributed by atoms with E-state index in [2.05, 4.69) is 10.2 Å². The third kappa shape index (κ3) is 4.64. The summed E-state index contributed by atoms with van der Waals surface area (Å²) in [4.78, 5) is 14.6. The molecule has 3 rings (SSSR count).